The first-order chi connectivity index (χ1) is 21.4. The number of carbonyl (C=O) groups excluding carboxylic acids is 2. The summed E-state index contributed by atoms with van der Waals surface area (Å²) in [6.07, 6.45) is 0. The quantitative estimate of drug-likeness (QED) is 0.217. The monoisotopic (exact) mass is 595 g/mol. The topological polar surface area (TPSA) is 117 Å². The van der Waals surface area contributed by atoms with Gasteiger partial charge in [0.05, 0.1) is 39.6 Å². The van der Waals surface area contributed by atoms with Crippen LogP contribution in [0.15, 0.2) is 91.0 Å². The van der Waals surface area contributed by atoms with Crippen LogP contribution < -0.4 is 24.3 Å². The number of anilines is 1. The average molecular weight is 596 g/mol. The number of aromatic nitrogens is 3. The first-order valence-corrected chi connectivity index (χ1v) is 13.8. The standard InChI is InChI=1S/C33H33N5O6/c1-41-24-13-9-22(10-14-24)20-37(31(39)21-38-29-8-6-5-7-27(29)35-36-38)32(23-11-15-25(42-2)16-12-23)33(40)34-28-18-17-26(43-3)19-30(28)44-4/h5-19,32H,20-21H2,1-4H3,(H,34,40). The van der Waals surface area contributed by atoms with Gasteiger partial charge in [-0.05, 0) is 59.7 Å². The third-order valence-corrected chi connectivity index (χ3v) is 7.20. The van der Waals surface area contributed by atoms with E-state index in [1.54, 1.807) is 63.8 Å². The molecule has 1 atom stereocenters. The van der Waals surface area contributed by atoms with Gasteiger partial charge in [-0.15, -0.1) is 5.10 Å². The van der Waals surface area contributed by atoms with Crippen LogP contribution in [0.2, 0.25) is 0 Å². The molecule has 4 aromatic carbocycles. The minimum absolute atomic E-state index is 0.124. The predicted octanol–water partition coefficient (Wildman–Crippen LogP) is 4.87. The maximum atomic E-state index is 14.3. The summed E-state index contributed by atoms with van der Waals surface area (Å²) in [5.74, 6) is 1.50. The zero-order chi connectivity index (χ0) is 31.1. The number of hydrogen-bond acceptors (Lipinski definition) is 8. The summed E-state index contributed by atoms with van der Waals surface area (Å²) in [6.45, 7) is -0.0121. The summed E-state index contributed by atoms with van der Waals surface area (Å²) in [5.41, 5.74) is 3.18. The molecule has 0 radical (unpaired) electrons. The fourth-order valence-electron chi connectivity index (χ4n) is 4.87. The number of hydrogen-bond donors (Lipinski definition) is 1. The van der Waals surface area contributed by atoms with Crippen molar-refractivity contribution in [2.24, 2.45) is 0 Å². The highest BCUT2D eigenvalue weighted by molar-refractivity contribution is 5.99. The summed E-state index contributed by atoms with van der Waals surface area (Å²) < 4.78 is 23.0. The number of benzene rings is 4. The van der Waals surface area contributed by atoms with Crippen LogP contribution in [-0.2, 0) is 22.7 Å². The Morgan fingerprint density at radius 2 is 1.43 bits per heavy atom. The Labute approximate surface area is 254 Å². The number of carbonyl (C=O) groups is 2. The van der Waals surface area contributed by atoms with Crippen LogP contribution in [-0.4, -0.2) is 60.1 Å². The Bertz CT molecular complexity index is 1740. The smallest absolute Gasteiger partial charge is 0.251 e. The molecule has 1 heterocycles. The summed E-state index contributed by atoms with van der Waals surface area (Å²) in [7, 11) is 6.21. The molecule has 0 aliphatic rings. The molecular formula is C33H33N5O6. The van der Waals surface area contributed by atoms with Gasteiger partial charge in [0.25, 0.3) is 5.91 Å². The lowest BCUT2D eigenvalue weighted by atomic mass is 10.0. The van der Waals surface area contributed by atoms with Gasteiger partial charge in [0, 0.05) is 12.6 Å². The van der Waals surface area contributed by atoms with Crippen molar-refractivity contribution in [3.63, 3.8) is 0 Å². The zero-order valence-electron chi connectivity index (χ0n) is 24.9. The van der Waals surface area contributed by atoms with E-state index in [4.69, 9.17) is 18.9 Å². The van der Waals surface area contributed by atoms with Gasteiger partial charge >= 0.3 is 0 Å². The average Bonchev–Trinajstić information content (AvgIpc) is 3.47. The van der Waals surface area contributed by atoms with Crippen molar-refractivity contribution in [1.29, 1.82) is 0 Å². The highest BCUT2D eigenvalue weighted by Gasteiger charge is 2.33. The van der Waals surface area contributed by atoms with Crippen molar-refractivity contribution >= 4 is 28.5 Å². The number of ether oxygens (including phenoxy) is 4. The molecule has 44 heavy (non-hydrogen) atoms. The summed E-state index contributed by atoms with van der Waals surface area (Å²) in [4.78, 5) is 30.0. The molecular weight excluding hydrogens is 562 g/mol. The van der Waals surface area contributed by atoms with E-state index in [9.17, 15) is 9.59 Å². The van der Waals surface area contributed by atoms with Gasteiger partial charge in [-0.2, -0.15) is 0 Å². The van der Waals surface area contributed by atoms with Crippen LogP contribution in [0.25, 0.3) is 11.0 Å². The Kier molecular flexibility index (Phi) is 9.24. The minimum Gasteiger partial charge on any atom is -0.497 e. The summed E-state index contributed by atoms with van der Waals surface area (Å²) in [6, 6.07) is 25.8. The first kappa shape index (κ1) is 29.9. The third-order valence-electron chi connectivity index (χ3n) is 7.20. The number of nitrogens with zero attached hydrogens (tertiary/aromatic N) is 4. The Morgan fingerprint density at radius 1 is 0.795 bits per heavy atom. The number of rotatable bonds is 12. The highest BCUT2D eigenvalue weighted by atomic mass is 16.5. The molecule has 5 aromatic rings. The minimum atomic E-state index is -1.04. The van der Waals surface area contributed by atoms with Crippen molar-refractivity contribution in [1.82, 2.24) is 19.9 Å². The lowest BCUT2D eigenvalue weighted by molar-refractivity contribution is -0.140. The summed E-state index contributed by atoms with van der Waals surface area (Å²) in [5, 5.41) is 11.4. The molecule has 5 rings (SSSR count). The molecule has 0 spiro atoms. The second-order valence-electron chi connectivity index (χ2n) is 9.84. The number of para-hydroxylation sites is 1. The molecule has 1 N–H and O–H groups in total. The van der Waals surface area contributed by atoms with Crippen LogP contribution in [0.3, 0.4) is 0 Å². The Balaban J connectivity index is 1.57. The number of amides is 2. The first-order valence-electron chi connectivity index (χ1n) is 13.8. The molecule has 0 saturated carbocycles. The van der Waals surface area contributed by atoms with Gasteiger partial charge in [0.1, 0.15) is 41.1 Å². The van der Waals surface area contributed by atoms with Crippen molar-refractivity contribution < 1.29 is 28.5 Å². The number of fused-ring (bicyclic) bond motifs is 1. The van der Waals surface area contributed by atoms with Crippen LogP contribution in [0.4, 0.5) is 5.69 Å². The van der Waals surface area contributed by atoms with E-state index < -0.39 is 11.9 Å². The van der Waals surface area contributed by atoms with Gasteiger partial charge in [-0.1, -0.05) is 41.6 Å². The SMILES string of the molecule is COc1ccc(CN(C(=O)Cn2nnc3ccccc32)C(C(=O)Nc2ccc(OC)cc2OC)c2ccc(OC)cc2)cc1. The van der Waals surface area contributed by atoms with E-state index in [0.717, 1.165) is 5.56 Å². The van der Waals surface area contributed by atoms with Gasteiger partial charge in [-0.25, -0.2) is 4.68 Å². The normalized spacial score (nSPS) is 11.5. The Hall–Kier alpha value is -5.58. The number of nitrogens with one attached hydrogen (secondary N) is 1. The van der Waals surface area contributed by atoms with Gasteiger partial charge in [0.2, 0.25) is 5.91 Å². The fourth-order valence-corrected chi connectivity index (χ4v) is 4.87. The molecule has 11 heteroatoms. The molecule has 226 valence electrons. The maximum absolute atomic E-state index is 14.3. The van der Waals surface area contributed by atoms with Crippen LogP contribution in [0.1, 0.15) is 17.2 Å². The molecule has 1 unspecified atom stereocenters. The van der Waals surface area contributed by atoms with Crippen LogP contribution in [0.5, 0.6) is 23.0 Å². The lowest BCUT2D eigenvalue weighted by Gasteiger charge is -2.32. The van der Waals surface area contributed by atoms with Gasteiger partial charge < -0.3 is 29.2 Å². The third kappa shape index (κ3) is 6.57. The fraction of sp³-hybridized carbons (Fsp3) is 0.212. The number of methoxy groups -OCH3 is 4. The lowest BCUT2D eigenvalue weighted by Crippen LogP contribution is -2.42. The molecule has 0 aliphatic heterocycles. The highest BCUT2D eigenvalue weighted by Crippen LogP contribution is 2.32. The van der Waals surface area contributed by atoms with E-state index >= 15 is 0 Å². The van der Waals surface area contributed by atoms with E-state index in [1.165, 1.54) is 16.7 Å². The molecule has 0 bridgehead atoms. The molecule has 0 saturated heterocycles. The molecule has 2 amide bonds. The van der Waals surface area contributed by atoms with Gasteiger partial charge in [0.15, 0.2) is 0 Å². The van der Waals surface area contributed by atoms with Gasteiger partial charge in [-0.3, -0.25) is 9.59 Å². The molecule has 1 aromatic heterocycles. The zero-order valence-corrected chi connectivity index (χ0v) is 24.9. The second-order valence-corrected chi connectivity index (χ2v) is 9.84. The largest absolute Gasteiger partial charge is 0.497 e. The summed E-state index contributed by atoms with van der Waals surface area (Å²) >= 11 is 0. The Morgan fingerprint density at radius 3 is 2.09 bits per heavy atom. The van der Waals surface area contributed by atoms with Crippen molar-refractivity contribution in [3.05, 3.63) is 102 Å². The van der Waals surface area contributed by atoms with E-state index in [0.29, 0.717) is 45.3 Å². The van der Waals surface area contributed by atoms with Crippen molar-refractivity contribution in [2.75, 3.05) is 33.8 Å². The molecule has 0 fully saturated rings. The van der Waals surface area contributed by atoms with Crippen molar-refractivity contribution in [2.45, 2.75) is 19.1 Å². The van der Waals surface area contributed by atoms with E-state index in [1.807, 2.05) is 48.5 Å². The predicted molar refractivity (Wildman–Crippen MR) is 165 cm³/mol. The molecule has 0 aliphatic carbocycles. The molecule has 11 nitrogen and oxygen atoms in total. The van der Waals surface area contributed by atoms with Crippen molar-refractivity contribution in [3.8, 4) is 23.0 Å². The van der Waals surface area contributed by atoms with E-state index in [2.05, 4.69) is 15.6 Å². The van der Waals surface area contributed by atoms with E-state index in [-0.39, 0.29) is 19.0 Å². The second kappa shape index (κ2) is 13.6. The van der Waals surface area contributed by atoms with Crippen LogP contribution >= 0.6 is 0 Å². The van der Waals surface area contributed by atoms with Crippen LogP contribution in [0, 0.1) is 0 Å². The maximum Gasteiger partial charge on any atom is 0.251 e.